The summed E-state index contributed by atoms with van der Waals surface area (Å²) in [5.74, 6) is 2.04. The second-order valence-electron chi connectivity index (χ2n) is 9.36. The second kappa shape index (κ2) is 13.7. The quantitative estimate of drug-likeness (QED) is 0.287. The van der Waals surface area contributed by atoms with Gasteiger partial charge in [0, 0.05) is 25.2 Å². The van der Waals surface area contributed by atoms with E-state index in [1.54, 1.807) is 33.5 Å². The minimum Gasteiger partial charge on any atom is -0.496 e. The summed E-state index contributed by atoms with van der Waals surface area (Å²) in [6.07, 6.45) is 13.3. The number of ether oxygens (including phenoxy) is 3. The highest BCUT2D eigenvalue weighted by molar-refractivity contribution is 6.33. The van der Waals surface area contributed by atoms with Gasteiger partial charge in [-0.1, -0.05) is 29.3 Å². The molecule has 0 bridgehead atoms. The summed E-state index contributed by atoms with van der Waals surface area (Å²) in [5, 5.41) is 0.392. The van der Waals surface area contributed by atoms with Gasteiger partial charge in [0.2, 0.25) is 0 Å². The Morgan fingerprint density at radius 2 is 1.94 bits per heavy atom. The zero-order chi connectivity index (χ0) is 25.2. The van der Waals surface area contributed by atoms with Crippen molar-refractivity contribution in [3.05, 3.63) is 57.9 Å². The summed E-state index contributed by atoms with van der Waals surface area (Å²) < 4.78 is 16.2. The van der Waals surface area contributed by atoms with Crippen LogP contribution >= 0.6 is 11.6 Å². The summed E-state index contributed by atoms with van der Waals surface area (Å²) in [6, 6.07) is 3.25. The van der Waals surface area contributed by atoms with Gasteiger partial charge in [-0.15, -0.1) is 0 Å². The van der Waals surface area contributed by atoms with Gasteiger partial charge in [0.15, 0.2) is 5.78 Å². The fraction of sp³-hybridized carbons (Fsp3) is 0.536. The lowest BCUT2D eigenvalue weighted by Gasteiger charge is -2.32. The predicted molar refractivity (Wildman–Crippen MR) is 142 cm³/mol. The normalized spacial score (nSPS) is 17.3. The summed E-state index contributed by atoms with van der Waals surface area (Å²) >= 11 is 6.13. The molecule has 2 aliphatic rings. The molecule has 2 N–H and O–H groups in total. The molecular formula is C28H39ClN2O4. The molecule has 1 aromatic rings. The standard InChI is InChI=1S/C28H39ClN2O4/c1-33-19-22-8-4-6-21(16-27(22)34-2)7-5-13-31-14-11-20(12-15-31)9-10-26(32)23-17-24(29)25(30)18-28(23)35-3/h4,8,16-18,20H,5-7,9-15,19,30H2,1-3H3. The van der Waals surface area contributed by atoms with Crippen molar-refractivity contribution in [2.45, 2.75) is 44.9 Å². The first-order valence-electron chi connectivity index (χ1n) is 12.5. The van der Waals surface area contributed by atoms with Crippen LogP contribution in [0.25, 0.3) is 0 Å². The SMILES string of the molecule is COCC1=C(OC)C=C(CCCN2CCC(CCC(=O)c3cc(Cl)c(N)cc3OC)CC2)CC=C1. The number of carbonyl (C=O) groups is 1. The molecule has 0 radical (unpaired) electrons. The van der Waals surface area contributed by atoms with Crippen molar-refractivity contribution in [2.75, 3.05) is 53.3 Å². The van der Waals surface area contributed by atoms with Gasteiger partial charge in [0.25, 0.3) is 0 Å². The second-order valence-corrected chi connectivity index (χ2v) is 9.77. The first-order chi connectivity index (χ1) is 16.9. The topological polar surface area (TPSA) is 74.0 Å². The van der Waals surface area contributed by atoms with Gasteiger partial charge in [-0.3, -0.25) is 4.79 Å². The van der Waals surface area contributed by atoms with E-state index >= 15 is 0 Å². The number of rotatable bonds is 12. The van der Waals surface area contributed by atoms with E-state index in [0.717, 1.165) is 69.5 Å². The Morgan fingerprint density at radius 1 is 1.17 bits per heavy atom. The molecule has 1 heterocycles. The number of halogens is 1. The number of Topliss-reactive ketones (excluding diaryl/α,β-unsaturated/α-hetero) is 1. The molecule has 1 aliphatic heterocycles. The number of anilines is 1. The number of hydrogen-bond donors (Lipinski definition) is 1. The van der Waals surface area contributed by atoms with Crippen LogP contribution in [-0.2, 0) is 9.47 Å². The summed E-state index contributed by atoms with van der Waals surface area (Å²) in [5.41, 5.74) is 9.26. The van der Waals surface area contributed by atoms with Crippen LogP contribution in [0.4, 0.5) is 5.69 Å². The van der Waals surface area contributed by atoms with Gasteiger partial charge in [0.1, 0.15) is 11.5 Å². The number of methoxy groups -OCH3 is 3. The Hall–Kier alpha value is -2.28. The molecular weight excluding hydrogens is 464 g/mol. The maximum Gasteiger partial charge on any atom is 0.166 e. The lowest BCUT2D eigenvalue weighted by atomic mass is 9.90. The van der Waals surface area contributed by atoms with Crippen molar-refractivity contribution in [1.82, 2.24) is 4.90 Å². The number of piperidine rings is 1. The molecule has 0 atom stereocenters. The molecule has 3 rings (SSSR count). The number of benzene rings is 1. The fourth-order valence-electron chi connectivity index (χ4n) is 4.86. The number of nitrogens with zero attached hydrogens (tertiary/aromatic N) is 1. The van der Waals surface area contributed by atoms with Crippen LogP contribution in [0.1, 0.15) is 55.3 Å². The van der Waals surface area contributed by atoms with Crippen LogP contribution in [0.15, 0.2) is 47.3 Å². The smallest absolute Gasteiger partial charge is 0.166 e. The number of nitrogen functional groups attached to an aromatic ring is 1. The third-order valence-corrected chi connectivity index (χ3v) is 7.28. The predicted octanol–water partition coefficient (Wildman–Crippen LogP) is 5.82. The van der Waals surface area contributed by atoms with E-state index in [1.165, 1.54) is 5.57 Å². The van der Waals surface area contributed by atoms with Gasteiger partial charge in [-0.25, -0.2) is 0 Å². The Kier molecular flexibility index (Phi) is 10.7. The van der Waals surface area contributed by atoms with Crippen molar-refractivity contribution >= 4 is 23.1 Å². The number of nitrogens with two attached hydrogens (primary N) is 1. The highest BCUT2D eigenvalue weighted by Gasteiger charge is 2.22. The van der Waals surface area contributed by atoms with Crippen molar-refractivity contribution in [2.24, 2.45) is 5.92 Å². The van der Waals surface area contributed by atoms with Gasteiger partial charge in [-0.2, -0.15) is 0 Å². The molecule has 1 saturated heterocycles. The largest absolute Gasteiger partial charge is 0.496 e. The third kappa shape index (κ3) is 7.86. The van der Waals surface area contributed by atoms with E-state index in [2.05, 4.69) is 23.1 Å². The molecule has 0 spiro atoms. The maximum atomic E-state index is 12.8. The van der Waals surface area contributed by atoms with Crippen molar-refractivity contribution in [3.8, 4) is 5.75 Å². The molecule has 1 aromatic carbocycles. The van der Waals surface area contributed by atoms with E-state index < -0.39 is 0 Å². The van der Waals surface area contributed by atoms with E-state index in [9.17, 15) is 4.79 Å². The van der Waals surface area contributed by atoms with Gasteiger partial charge < -0.3 is 24.8 Å². The van der Waals surface area contributed by atoms with Gasteiger partial charge in [-0.05, 0) is 76.2 Å². The molecule has 1 aliphatic carbocycles. The molecule has 1 fully saturated rings. The van der Waals surface area contributed by atoms with Crippen LogP contribution in [0.2, 0.25) is 5.02 Å². The van der Waals surface area contributed by atoms with Crippen molar-refractivity contribution in [1.29, 1.82) is 0 Å². The monoisotopic (exact) mass is 502 g/mol. The van der Waals surface area contributed by atoms with Crippen LogP contribution < -0.4 is 10.5 Å². The van der Waals surface area contributed by atoms with Gasteiger partial charge >= 0.3 is 0 Å². The zero-order valence-corrected chi connectivity index (χ0v) is 22.0. The van der Waals surface area contributed by atoms with Crippen LogP contribution in [0, 0.1) is 5.92 Å². The average molecular weight is 503 g/mol. The molecule has 7 heteroatoms. The molecule has 35 heavy (non-hydrogen) atoms. The third-order valence-electron chi connectivity index (χ3n) is 6.95. The van der Waals surface area contributed by atoms with Crippen molar-refractivity contribution in [3.63, 3.8) is 0 Å². The fourth-order valence-corrected chi connectivity index (χ4v) is 5.03. The lowest BCUT2D eigenvalue weighted by Crippen LogP contribution is -2.34. The molecule has 0 saturated carbocycles. The zero-order valence-electron chi connectivity index (χ0n) is 21.3. The first kappa shape index (κ1) is 27.3. The van der Waals surface area contributed by atoms with E-state index in [0.29, 0.717) is 41.0 Å². The number of allylic oxidation sites excluding steroid dienone is 3. The Balaban J connectivity index is 1.40. The van der Waals surface area contributed by atoms with E-state index in [4.69, 9.17) is 31.5 Å². The number of ketones is 1. The Labute approximate surface area is 214 Å². The number of likely N-dealkylation sites (tertiary alicyclic amines) is 1. The van der Waals surface area contributed by atoms with Crippen LogP contribution in [-0.4, -0.2) is 58.3 Å². The number of hydrogen-bond acceptors (Lipinski definition) is 6. The van der Waals surface area contributed by atoms with Crippen LogP contribution in [0.3, 0.4) is 0 Å². The Morgan fingerprint density at radius 3 is 2.63 bits per heavy atom. The van der Waals surface area contributed by atoms with Gasteiger partial charge in [0.05, 0.1) is 37.1 Å². The molecule has 192 valence electrons. The van der Waals surface area contributed by atoms with E-state index in [1.807, 2.05) is 0 Å². The lowest BCUT2D eigenvalue weighted by molar-refractivity contribution is 0.0959. The summed E-state index contributed by atoms with van der Waals surface area (Å²) in [4.78, 5) is 15.3. The minimum absolute atomic E-state index is 0.0649. The Bertz CT molecular complexity index is 962. The maximum absolute atomic E-state index is 12.8. The van der Waals surface area contributed by atoms with Crippen LogP contribution in [0.5, 0.6) is 5.75 Å². The first-order valence-corrected chi connectivity index (χ1v) is 12.8. The summed E-state index contributed by atoms with van der Waals surface area (Å²) in [6.45, 7) is 3.85. The highest BCUT2D eigenvalue weighted by Crippen LogP contribution is 2.31. The minimum atomic E-state index is 0.0649. The molecule has 0 unspecified atom stereocenters. The number of carbonyl (C=O) groups excluding carboxylic acids is 1. The summed E-state index contributed by atoms with van der Waals surface area (Å²) in [7, 11) is 4.97. The molecule has 0 amide bonds. The average Bonchev–Trinajstić information content (AvgIpc) is 3.06. The molecule has 6 nitrogen and oxygen atoms in total. The van der Waals surface area contributed by atoms with Crippen molar-refractivity contribution < 1.29 is 19.0 Å². The molecule has 0 aromatic heterocycles. The van der Waals surface area contributed by atoms with E-state index in [-0.39, 0.29) is 5.78 Å². The highest BCUT2D eigenvalue weighted by atomic mass is 35.5.